The molecule has 28 rings (SSSR count). The molecule has 0 bridgehead atoms. The Morgan fingerprint density at radius 3 is 0.836 bits per heavy atom. The Kier molecular flexibility index (Phi) is 25.3. The summed E-state index contributed by atoms with van der Waals surface area (Å²) >= 11 is 0. The quantitative estimate of drug-likeness (QED) is 0.110. The molecule has 20 heteroatoms. The predicted octanol–water partition coefficient (Wildman–Crippen LogP) is 27.0. The third-order valence-electron chi connectivity index (χ3n) is 24.9. The molecule has 12 aromatic carbocycles. The summed E-state index contributed by atoms with van der Waals surface area (Å²) in [5.74, 6) is 1.75. The molecule has 16 aromatic heterocycles. The average molecular weight is 2520 g/mol. The first-order valence-electron chi connectivity index (χ1n) is 44.7. The van der Waals surface area contributed by atoms with Crippen molar-refractivity contribution in [3.8, 4) is 113 Å². The third kappa shape index (κ3) is 16.6. The molecular weight excluding hydrogens is 2450 g/mol. The van der Waals surface area contributed by atoms with Crippen LogP contribution in [0.5, 0.6) is 0 Å². The number of imidazole rings is 4. The van der Waals surface area contributed by atoms with Crippen molar-refractivity contribution in [3.63, 3.8) is 0 Å². The largest absolute Gasteiger partial charge is 2.00 e. The van der Waals surface area contributed by atoms with Crippen molar-refractivity contribution in [1.29, 1.82) is 0 Å². The van der Waals surface area contributed by atoms with E-state index in [-0.39, 0.29) is 84.3 Å². The van der Waals surface area contributed by atoms with Gasteiger partial charge in [-0.15, -0.1) is 214 Å². The number of benzene rings is 12. The summed E-state index contributed by atoms with van der Waals surface area (Å²) in [5.41, 5.74) is 29.7. The Balaban J connectivity index is 0.000000110. The molecule has 0 fully saturated rings. The van der Waals surface area contributed by atoms with E-state index >= 15 is 0 Å². The maximum absolute atomic E-state index is 4.69. The first-order chi connectivity index (χ1) is 67.5. The minimum absolute atomic E-state index is 0. The molecule has 0 aliphatic carbocycles. The van der Waals surface area contributed by atoms with Gasteiger partial charge in [-0.1, -0.05) is 167 Å². The maximum Gasteiger partial charge on any atom is 2.00 e. The number of hydrogen-bond acceptors (Lipinski definition) is 8. The monoisotopic (exact) mass is 2520 g/mol. The van der Waals surface area contributed by atoms with E-state index in [1.165, 1.54) is 21.5 Å². The standard InChI is InChI=1S/4C30H18N4.4Pt/c1-2-12-27-24(10-1)25-15-14-21(26-11-3-5-16-31-26)19-29(25)34(27)23-9-7-8-22(18-23)30-28-13-4-6-17-33(28)20-32-30;1-2-12-27-24(10-1)25-15-14-22(30-28-13-4-6-17-33(28)20-32-30)19-29(25)34(27)23-9-7-8-21(18-23)26-11-3-5-16-31-26;1-2-13-28-25(11-1)26-15-14-21(27-12-3-5-16-31-27)19-29(26)34(28)23-10-7-8-22(18-23)30-32-20-24-9-4-6-17-33(24)30;1-2-13-28-25(11-1)26-15-14-22(30-32-20-24-9-4-6-17-33(24)30)19-29(26)34(28)23-10-7-8-21(18-23)27-12-3-5-16-31-27;;;;/h4*1-17,20H;;;;/q4*-2;4*+2. The van der Waals surface area contributed by atoms with Crippen LogP contribution in [-0.2, 0) is 84.3 Å². The van der Waals surface area contributed by atoms with Gasteiger partial charge in [0.05, 0.1) is 35.3 Å². The Morgan fingerprint density at radius 1 is 0.186 bits per heavy atom. The fourth-order valence-electron chi connectivity index (χ4n) is 18.7. The molecule has 0 aliphatic rings. The average Bonchev–Trinajstić information content (AvgIpc) is 1.60. The van der Waals surface area contributed by atoms with Crippen molar-refractivity contribution in [2.45, 2.75) is 0 Å². The second kappa shape index (κ2) is 39.2. The fourth-order valence-corrected chi connectivity index (χ4v) is 18.7. The zero-order chi connectivity index (χ0) is 89.9. The summed E-state index contributed by atoms with van der Waals surface area (Å²) in [5, 5.41) is 9.36. The summed E-state index contributed by atoms with van der Waals surface area (Å²) in [6, 6.07) is 153. The summed E-state index contributed by atoms with van der Waals surface area (Å²) < 4.78 is 17.2. The Labute approximate surface area is 861 Å². The van der Waals surface area contributed by atoms with Gasteiger partial charge in [-0.25, -0.2) is 0 Å². The minimum atomic E-state index is 0. The van der Waals surface area contributed by atoms with E-state index in [4.69, 9.17) is 0 Å². The predicted molar refractivity (Wildman–Crippen MR) is 543 cm³/mol. The molecule has 0 saturated heterocycles. The molecule has 0 radical (unpaired) electrons. The van der Waals surface area contributed by atoms with Crippen LogP contribution >= 0.6 is 0 Å². The Morgan fingerprint density at radius 2 is 0.457 bits per heavy atom. The van der Waals surface area contributed by atoms with Gasteiger partial charge in [-0.3, -0.25) is 19.9 Å². The molecule has 16 nitrogen and oxygen atoms in total. The molecular formula is C120H72N16Pt4. The van der Waals surface area contributed by atoms with Gasteiger partial charge in [0, 0.05) is 106 Å². The van der Waals surface area contributed by atoms with Crippen LogP contribution in [0.1, 0.15) is 0 Å². The molecule has 672 valence electrons. The Bertz CT molecular complexity index is 8890. The fraction of sp³-hybridized carbons (Fsp3) is 0. The molecule has 0 saturated carbocycles. The summed E-state index contributed by atoms with van der Waals surface area (Å²) in [6.45, 7) is 0. The van der Waals surface area contributed by atoms with Gasteiger partial charge in [0.1, 0.15) is 0 Å². The molecule has 0 unspecified atom stereocenters. The van der Waals surface area contributed by atoms with Crippen LogP contribution in [0.4, 0.5) is 0 Å². The van der Waals surface area contributed by atoms with Crippen molar-refractivity contribution in [2.75, 3.05) is 0 Å². The van der Waals surface area contributed by atoms with E-state index in [2.05, 4.69) is 346 Å². The van der Waals surface area contributed by atoms with Crippen LogP contribution in [0, 0.1) is 48.5 Å². The number of hydrogen-bond donors (Lipinski definition) is 0. The molecule has 28 aromatic rings. The van der Waals surface area contributed by atoms with Gasteiger partial charge < -0.3 is 55.8 Å². The van der Waals surface area contributed by atoms with E-state index in [1.54, 1.807) is 0 Å². The van der Waals surface area contributed by atoms with Crippen LogP contribution in [0.2, 0.25) is 0 Å². The molecule has 0 N–H and O–H groups in total. The third-order valence-corrected chi connectivity index (χ3v) is 24.9. The van der Waals surface area contributed by atoms with Crippen LogP contribution in [-0.4, -0.2) is 75.7 Å². The number of nitrogens with zero attached hydrogens (tertiary/aromatic N) is 16. The van der Waals surface area contributed by atoms with Crippen molar-refractivity contribution >= 4 is 109 Å². The van der Waals surface area contributed by atoms with Gasteiger partial charge in [0.15, 0.2) is 0 Å². The van der Waals surface area contributed by atoms with E-state index in [0.29, 0.717) is 0 Å². The number of aromatic nitrogens is 16. The topological polar surface area (TPSA) is 140 Å². The zero-order valence-corrected chi connectivity index (χ0v) is 83.1. The summed E-state index contributed by atoms with van der Waals surface area (Å²) in [7, 11) is 0. The molecule has 0 atom stereocenters. The van der Waals surface area contributed by atoms with Gasteiger partial charge in [0.25, 0.3) is 0 Å². The maximum atomic E-state index is 4.69. The van der Waals surface area contributed by atoms with E-state index < -0.39 is 0 Å². The van der Waals surface area contributed by atoms with Gasteiger partial charge in [0.2, 0.25) is 0 Å². The number of pyridine rings is 8. The van der Waals surface area contributed by atoms with Gasteiger partial charge >= 0.3 is 84.3 Å². The second-order valence-corrected chi connectivity index (χ2v) is 32.9. The number of para-hydroxylation sites is 4. The molecule has 0 amide bonds. The van der Waals surface area contributed by atoms with Gasteiger partial charge in [-0.2, -0.15) is 0 Å². The summed E-state index contributed by atoms with van der Waals surface area (Å²) in [6.07, 6.45) is 22.8. The zero-order valence-electron chi connectivity index (χ0n) is 74.0. The number of rotatable bonds is 12. The van der Waals surface area contributed by atoms with Crippen LogP contribution in [0.25, 0.3) is 222 Å². The first-order valence-corrected chi connectivity index (χ1v) is 44.7. The van der Waals surface area contributed by atoms with Crippen molar-refractivity contribution in [1.82, 2.24) is 75.7 Å². The SMILES string of the molecule is [Pt+2].[Pt+2].[Pt+2].[Pt+2].[c-]1c(-c2ccccn2)cccc1-n1c2[c-]c(-c3ncc4ccccn34)ccc2c2ccccc21.[c-]1c(-c2ccccn2)cccc1-n1c2[c-]c(-c3ncn4ccccc34)ccc2c2ccccc21.[c-]1c(-c2ncc3ccccn23)cccc1-n1c2[c-]c(-c3ccccn3)ccc2c2ccccc21.[c-]1c(-c2ncn3ccccc23)cccc1-n1c2[c-]c(-c3ccccn3)ccc2c2ccccc21. The molecule has 0 aliphatic heterocycles. The summed E-state index contributed by atoms with van der Waals surface area (Å²) in [4.78, 5) is 36.8. The Hall–Kier alpha value is -16.0. The van der Waals surface area contributed by atoms with Crippen LogP contribution in [0.3, 0.4) is 0 Å². The molecule has 140 heavy (non-hydrogen) atoms. The van der Waals surface area contributed by atoms with E-state index in [0.717, 1.165) is 201 Å². The molecule has 0 spiro atoms. The smallest absolute Gasteiger partial charge is 0.346 e. The van der Waals surface area contributed by atoms with Crippen LogP contribution < -0.4 is 0 Å². The van der Waals surface area contributed by atoms with Crippen molar-refractivity contribution < 1.29 is 84.3 Å². The van der Waals surface area contributed by atoms with E-state index in [1.807, 2.05) is 217 Å². The molecule has 16 heterocycles. The van der Waals surface area contributed by atoms with Gasteiger partial charge in [-0.05, 0) is 186 Å². The normalized spacial score (nSPS) is 11.2. The first kappa shape index (κ1) is 90.4. The van der Waals surface area contributed by atoms with Crippen molar-refractivity contribution in [3.05, 3.63) is 487 Å². The minimum Gasteiger partial charge on any atom is -0.346 e. The van der Waals surface area contributed by atoms with Crippen molar-refractivity contribution in [2.24, 2.45) is 0 Å². The number of fused-ring (bicyclic) bond motifs is 16. The van der Waals surface area contributed by atoms with Crippen LogP contribution in [0.15, 0.2) is 439 Å². The second-order valence-electron chi connectivity index (χ2n) is 32.9. The van der Waals surface area contributed by atoms with E-state index in [9.17, 15) is 0 Å².